The Kier molecular flexibility index (Phi) is 3.73. The van der Waals surface area contributed by atoms with Crippen LogP contribution in [0.25, 0.3) is 0 Å². The number of piperidine rings is 1. The molecule has 2 aromatic rings. The average molecular weight is 284 g/mol. The molecule has 0 spiro atoms. The van der Waals surface area contributed by atoms with Gasteiger partial charge in [0.1, 0.15) is 5.82 Å². The van der Waals surface area contributed by atoms with Crippen LogP contribution in [0, 0.1) is 13.8 Å². The summed E-state index contributed by atoms with van der Waals surface area (Å²) in [6.07, 6.45) is 3.07. The molecular formula is C16H20N4O. The van der Waals surface area contributed by atoms with Gasteiger partial charge in [0.05, 0.1) is 6.04 Å². The van der Waals surface area contributed by atoms with E-state index in [0.29, 0.717) is 0 Å². The van der Waals surface area contributed by atoms with Crippen LogP contribution in [0.15, 0.2) is 24.3 Å². The van der Waals surface area contributed by atoms with Crippen LogP contribution in [0.2, 0.25) is 0 Å². The number of aryl methyl sites for hydroxylation is 2. The zero-order valence-corrected chi connectivity index (χ0v) is 12.5. The van der Waals surface area contributed by atoms with Gasteiger partial charge in [-0.15, -0.1) is 0 Å². The Balaban J connectivity index is 1.89. The highest BCUT2D eigenvalue weighted by Gasteiger charge is 2.31. The van der Waals surface area contributed by atoms with E-state index >= 15 is 0 Å². The fourth-order valence-corrected chi connectivity index (χ4v) is 2.90. The number of carbonyl (C=O) groups is 1. The molecule has 1 N–H and O–H groups in total. The van der Waals surface area contributed by atoms with E-state index in [-0.39, 0.29) is 11.9 Å². The molecule has 5 heteroatoms. The molecule has 1 atom stereocenters. The van der Waals surface area contributed by atoms with Crippen molar-refractivity contribution in [3.8, 4) is 0 Å². The van der Waals surface area contributed by atoms with Crippen molar-refractivity contribution < 1.29 is 4.79 Å². The molecule has 0 radical (unpaired) electrons. The quantitative estimate of drug-likeness (QED) is 0.922. The zero-order chi connectivity index (χ0) is 14.8. The van der Waals surface area contributed by atoms with Gasteiger partial charge in [0, 0.05) is 12.1 Å². The fourth-order valence-electron chi connectivity index (χ4n) is 2.90. The van der Waals surface area contributed by atoms with Gasteiger partial charge in [-0.1, -0.05) is 17.7 Å². The number of benzene rings is 1. The van der Waals surface area contributed by atoms with Crippen molar-refractivity contribution in [1.82, 2.24) is 20.1 Å². The minimum Gasteiger partial charge on any atom is -0.328 e. The normalized spacial score (nSPS) is 18.8. The van der Waals surface area contributed by atoms with E-state index in [0.717, 1.165) is 48.6 Å². The minimum atomic E-state index is -0.0169. The summed E-state index contributed by atoms with van der Waals surface area (Å²) in [5.41, 5.74) is 1.84. The van der Waals surface area contributed by atoms with Gasteiger partial charge in [-0.25, -0.2) is 4.98 Å². The number of hydrogen-bond acceptors (Lipinski definition) is 3. The number of aromatic nitrogens is 3. The Morgan fingerprint density at radius 3 is 2.90 bits per heavy atom. The molecule has 1 aromatic heterocycles. The van der Waals surface area contributed by atoms with Crippen molar-refractivity contribution in [2.24, 2.45) is 0 Å². The fraction of sp³-hybridized carbons (Fsp3) is 0.438. The van der Waals surface area contributed by atoms with E-state index in [1.165, 1.54) is 0 Å². The molecule has 1 amide bonds. The number of rotatable bonds is 2. The van der Waals surface area contributed by atoms with Crippen molar-refractivity contribution in [3.05, 3.63) is 47.0 Å². The number of H-pyrrole nitrogens is 1. The molecule has 1 unspecified atom stereocenters. The number of nitrogens with one attached hydrogen (secondary N) is 1. The smallest absolute Gasteiger partial charge is 0.254 e. The summed E-state index contributed by atoms with van der Waals surface area (Å²) in [6, 6.07) is 7.74. The van der Waals surface area contributed by atoms with E-state index in [9.17, 15) is 4.79 Å². The van der Waals surface area contributed by atoms with Crippen LogP contribution in [-0.2, 0) is 0 Å². The first kappa shape index (κ1) is 13.8. The maximum absolute atomic E-state index is 12.8. The Morgan fingerprint density at radius 1 is 1.33 bits per heavy atom. The summed E-state index contributed by atoms with van der Waals surface area (Å²) in [7, 11) is 0. The number of hydrogen-bond donors (Lipinski definition) is 1. The summed E-state index contributed by atoms with van der Waals surface area (Å²) in [5, 5.41) is 7.13. The average Bonchev–Trinajstić information content (AvgIpc) is 2.93. The highest BCUT2D eigenvalue weighted by molar-refractivity contribution is 5.94. The lowest BCUT2D eigenvalue weighted by Gasteiger charge is -2.34. The van der Waals surface area contributed by atoms with Gasteiger partial charge in [0.25, 0.3) is 5.91 Å². The van der Waals surface area contributed by atoms with Gasteiger partial charge >= 0.3 is 0 Å². The van der Waals surface area contributed by atoms with Crippen molar-refractivity contribution in [3.63, 3.8) is 0 Å². The van der Waals surface area contributed by atoms with E-state index in [1.54, 1.807) is 0 Å². The molecule has 1 saturated heterocycles. The summed E-state index contributed by atoms with van der Waals surface area (Å²) in [5.74, 6) is 1.59. The first-order valence-electron chi connectivity index (χ1n) is 7.41. The van der Waals surface area contributed by atoms with E-state index in [4.69, 9.17) is 0 Å². The highest BCUT2D eigenvalue weighted by atomic mass is 16.2. The maximum atomic E-state index is 12.8. The van der Waals surface area contributed by atoms with Gasteiger partial charge in [0.15, 0.2) is 5.82 Å². The lowest BCUT2D eigenvalue weighted by atomic mass is 10.00. The van der Waals surface area contributed by atoms with Gasteiger partial charge < -0.3 is 4.90 Å². The SMILES string of the molecule is Cc1cccc(C(=O)N2CCCCC2c2n[nH]c(C)n2)c1. The molecule has 3 rings (SSSR count). The van der Waals surface area contributed by atoms with Crippen molar-refractivity contribution in [1.29, 1.82) is 0 Å². The van der Waals surface area contributed by atoms with Crippen LogP contribution in [0.5, 0.6) is 0 Å². The van der Waals surface area contributed by atoms with Gasteiger partial charge in [-0.3, -0.25) is 9.89 Å². The second kappa shape index (κ2) is 5.68. The number of carbonyl (C=O) groups excluding carboxylic acids is 1. The molecule has 1 fully saturated rings. The maximum Gasteiger partial charge on any atom is 0.254 e. The predicted octanol–water partition coefficient (Wildman–Crippen LogP) is 2.79. The first-order valence-corrected chi connectivity index (χ1v) is 7.41. The third-order valence-electron chi connectivity index (χ3n) is 3.94. The number of nitrogens with zero attached hydrogens (tertiary/aromatic N) is 3. The molecular weight excluding hydrogens is 264 g/mol. The summed E-state index contributed by atoms with van der Waals surface area (Å²) >= 11 is 0. The Bertz CT molecular complexity index is 649. The molecule has 0 saturated carbocycles. The summed E-state index contributed by atoms with van der Waals surface area (Å²) < 4.78 is 0. The topological polar surface area (TPSA) is 61.9 Å². The van der Waals surface area contributed by atoms with Crippen LogP contribution in [-0.4, -0.2) is 32.5 Å². The first-order chi connectivity index (χ1) is 10.1. The van der Waals surface area contributed by atoms with Gasteiger partial charge in [0.2, 0.25) is 0 Å². The van der Waals surface area contributed by atoms with E-state index in [2.05, 4.69) is 15.2 Å². The standard InChI is InChI=1S/C16H20N4O/c1-11-6-5-7-13(10-11)16(21)20-9-4-3-8-14(20)15-17-12(2)18-19-15/h5-7,10,14H,3-4,8-9H2,1-2H3,(H,17,18,19). The van der Waals surface area contributed by atoms with Crippen molar-refractivity contribution >= 4 is 5.91 Å². The number of likely N-dealkylation sites (tertiary alicyclic amines) is 1. The number of amides is 1. The molecule has 21 heavy (non-hydrogen) atoms. The summed E-state index contributed by atoms with van der Waals surface area (Å²) in [6.45, 7) is 4.65. The second-order valence-corrected chi connectivity index (χ2v) is 5.66. The molecule has 2 heterocycles. The molecule has 1 aliphatic rings. The van der Waals surface area contributed by atoms with Crippen LogP contribution in [0.4, 0.5) is 0 Å². The third-order valence-corrected chi connectivity index (χ3v) is 3.94. The zero-order valence-electron chi connectivity index (χ0n) is 12.5. The lowest BCUT2D eigenvalue weighted by molar-refractivity contribution is 0.0600. The molecule has 1 aliphatic heterocycles. The Morgan fingerprint density at radius 2 is 2.19 bits per heavy atom. The van der Waals surface area contributed by atoms with Crippen LogP contribution < -0.4 is 0 Å². The second-order valence-electron chi connectivity index (χ2n) is 5.66. The van der Waals surface area contributed by atoms with Crippen LogP contribution >= 0.6 is 0 Å². The van der Waals surface area contributed by atoms with Gasteiger partial charge in [-0.05, 0) is 45.2 Å². The lowest BCUT2D eigenvalue weighted by Crippen LogP contribution is -2.39. The minimum absolute atomic E-state index is 0.0169. The Hall–Kier alpha value is -2.17. The van der Waals surface area contributed by atoms with E-state index < -0.39 is 0 Å². The molecule has 0 bridgehead atoms. The molecule has 5 nitrogen and oxygen atoms in total. The predicted molar refractivity (Wildman–Crippen MR) is 79.9 cm³/mol. The highest BCUT2D eigenvalue weighted by Crippen LogP contribution is 2.30. The van der Waals surface area contributed by atoms with Crippen molar-refractivity contribution in [2.45, 2.75) is 39.2 Å². The monoisotopic (exact) mass is 284 g/mol. The molecule has 0 aliphatic carbocycles. The molecule has 110 valence electrons. The third kappa shape index (κ3) is 2.82. The number of aromatic amines is 1. The summed E-state index contributed by atoms with van der Waals surface area (Å²) in [4.78, 5) is 19.1. The van der Waals surface area contributed by atoms with Crippen molar-refractivity contribution in [2.75, 3.05) is 6.54 Å². The molecule has 1 aromatic carbocycles. The van der Waals surface area contributed by atoms with E-state index in [1.807, 2.05) is 43.0 Å². The van der Waals surface area contributed by atoms with Gasteiger partial charge in [-0.2, -0.15) is 5.10 Å². The largest absolute Gasteiger partial charge is 0.328 e. The Labute approximate surface area is 124 Å². The van der Waals surface area contributed by atoms with Crippen LogP contribution in [0.3, 0.4) is 0 Å². The van der Waals surface area contributed by atoms with Crippen LogP contribution in [0.1, 0.15) is 52.9 Å².